The van der Waals surface area contributed by atoms with Gasteiger partial charge in [0.25, 0.3) is 0 Å². The van der Waals surface area contributed by atoms with Crippen molar-refractivity contribution in [3.63, 3.8) is 0 Å². The van der Waals surface area contributed by atoms with Gasteiger partial charge in [0, 0.05) is 20.2 Å². The number of fused-ring (bicyclic) bond motifs is 1. The van der Waals surface area contributed by atoms with E-state index in [0.717, 1.165) is 17.0 Å². The number of anilines is 1. The quantitative estimate of drug-likeness (QED) is 0.706. The van der Waals surface area contributed by atoms with Gasteiger partial charge in [0.2, 0.25) is 5.95 Å². The number of rotatable bonds is 1. The SMILES string of the molecule is CNc1nc2cnc(Cl)cc2n1C. The van der Waals surface area contributed by atoms with E-state index in [0.29, 0.717) is 5.15 Å². The lowest BCUT2D eigenvalue weighted by Crippen LogP contribution is -1.97. The minimum absolute atomic E-state index is 0.484. The van der Waals surface area contributed by atoms with Crippen molar-refractivity contribution in [2.24, 2.45) is 7.05 Å². The molecule has 0 bridgehead atoms. The predicted octanol–water partition coefficient (Wildman–Crippen LogP) is 1.66. The van der Waals surface area contributed by atoms with Gasteiger partial charge in [-0.25, -0.2) is 9.97 Å². The first kappa shape index (κ1) is 8.31. The molecule has 0 aromatic carbocycles. The minimum Gasteiger partial charge on any atom is -0.359 e. The first-order valence-corrected chi connectivity index (χ1v) is 4.26. The summed E-state index contributed by atoms with van der Waals surface area (Å²) in [5.41, 5.74) is 1.82. The average molecular weight is 197 g/mol. The second-order valence-electron chi connectivity index (χ2n) is 2.74. The molecule has 0 radical (unpaired) electrons. The van der Waals surface area contributed by atoms with E-state index in [1.165, 1.54) is 0 Å². The fraction of sp³-hybridized carbons (Fsp3) is 0.250. The predicted molar refractivity (Wildman–Crippen MR) is 53.1 cm³/mol. The highest BCUT2D eigenvalue weighted by atomic mass is 35.5. The molecule has 4 nitrogen and oxygen atoms in total. The van der Waals surface area contributed by atoms with Gasteiger partial charge in [-0.2, -0.15) is 0 Å². The minimum atomic E-state index is 0.484. The molecule has 68 valence electrons. The van der Waals surface area contributed by atoms with E-state index in [2.05, 4.69) is 15.3 Å². The molecule has 0 saturated heterocycles. The van der Waals surface area contributed by atoms with Crippen molar-refractivity contribution >= 4 is 28.6 Å². The maximum absolute atomic E-state index is 5.77. The number of aryl methyl sites for hydroxylation is 1. The third kappa shape index (κ3) is 1.23. The summed E-state index contributed by atoms with van der Waals surface area (Å²) in [5.74, 6) is 0.805. The molecule has 0 aliphatic carbocycles. The summed E-state index contributed by atoms with van der Waals surface area (Å²) in [5, 5.41) is 3.47. The van der Waals surface area contributed by atoms with Crippen LogP contribution in [0.25, 0.3) is 11.0 Å². The van der Waals surface area contributed by atoms with Crippen LogP contribution < -0.4 is 5.32 Å². The lowest BCUT2D eigenvalue weighted by Gasteiger charge is -1.98. The van der Waals surface area contributed by atoms with Crippen LogP contribution in [0.3, 0.4) is 0 Å². The fourth-order valence-corrected chi connectivity index (χ4v) is 1.45. The molecule has 0 spiro atoms. The number of nitrogens with one attached hydrogen (secondary N) is 1. The highest BCUT2D eigenvalue weighted by molar-refractivity contribution is 6.29. The molecule has 0 saturated carbocycles. The second-order valence-corrected chi connectivity index (χ2v) is 3.13. The Morgan fingerprint density at radius 2 is 2.31 bits per heavy atom. The average Bonchev–Trinajstić information content (AvgIpc) is 2.44. The number of hydrogen-bond acceptors (Lipinski definition) is 3. The summed E-state index contributed by atoms with van der Waals surface area (Å²) in [6, 6.07) is 1.80. The summed E-state index contributed by atoms with van der Waals surface area (Å²) in [7, 11) is 3.76. The summed E-state index contributed by atoms with van der Waals surface area (Å²) in [6.07, 6.45) is 1.67. The van der Waals surface area contributed by atoms with Gasteiger partial charge < -0.3 is 9.88 Å². The van der Waals surface area contributed by atoms with Crippen molar-refractivity contribution in [2.45, 2.75) is 0 Å². The number of nitrogens with zero attached hydrogens (tertiary/aromatic N) is 3. The molecule has 2 aromatic rings. The monoisotopic (exact) mass is 196 g/mol. The van der Waals surface area contributed by atoms with Crippen molar-refractivity contribution in [1.29, 1.82) is 0 Å². The summed E-state index contributed by atoms with van der Waals surface area (Å²) in [6.45, 7) is 0. The van der Waals surface area contributed by atoms with Crippen LogP contribution in [0, 0.1) is 0 Å². The molecule has 2 heterocycles. The third-order valence-electron chi connectivity index (χ3n) is 1.96. The summed E-state index contributed by atoms with van der Waals surface area (Å²) < 4.78 is 1.93. The first-order valence-electron chi connectivity index (χ1n) is 3.88. The highest BCUT2D eigenvalue weighted by Crippen LogP contribution is 2.19. The van der Waals surface area contributed by atoms with Gasteiger partial charge in [-0.05, 0) is 0 Å². The van der Waals surface area contributed by atoms with Gasteiger partial charge >= 0.3 is 0 Å². The molecule has 13 heavy (non-hydrogen) atoms. The maximum atomic E-state index is 5.77. The molecule has 0 aliphatic rings. The topological polar surface area (TPSA) is 42.7 Å². The molecule has 0 fully saturated rings. The maximum Gasteiger partial charge on any atom is 0.203 e. The van der Waals surface area contributed by atoms with Crippen molar-refractivity contribution in [2.75, 3.05) is 12.4 Å². The number of aromatic nitrogens is 3. The molecular weight excluding hydrogens is 188 g/mol. The Morgan fingerprint density at radius 3 is 3.00 bits per heavy atom. The third-order valence-corrected chi connectivity index (χ3v) is 2.16. The van der Waals surface area contributed by atoms with E-state index >= 15 is 0 Å². The van der Waals surface area contributed by atoms with E-state index < -0.39 is 0 Å². The molecular formula is C8H9ClN4. The zero-order valence-electron chi connectivity index (χ0n) is 7.37. The molecule has 0 unspecified atom stereocenters. The van der Waals surface area contributed by atoms with E-state index in [4.69, 9.17) is 11.6 Å². The van der Waals surface area contributed by atoms with Gasteiger partial charge in [0.05, 0.1) is 11.7 Å². The molecule has 5 heteroatoms. The summed E-state index contributed by atoms with van der Waals surface area (Å²) >= 11 is 5.77. The Balaban J connectivity index is 2.77. The molecule has 0 atom stereocenters. The molecule has 2 aromatic heterocycles. The molecule has 2 rings (SSSR count). The molecule has 0 amide bonds. The molecule has 0 aliphatic heterocycles. The van der Waals surface area contributed by atoms with Crippen LogP contribution in [-0.2, 0) is 7.05 Å². The molecule has 1 N–H and O–H groups in total. The van der Waals surface area contributed by atoms with Crippen molar-refractivity contribution in [3.8, 4) is 0 Å². The van der Waals surface area contributed by atoms with Gasteiger partial charge in [0.1, 0.15) is 10.7 Å². The largest absolute Gasteiger partial charge is 0.359 e. The second kappa shape index (κ2) is 2.88. The standard InChI is InChI=1S/C8H9ClN4/c1-10-8-12-5-4-11-7(9)3-6(5)13(8)2/h3-4H,1-2H3,(H,10,12). The van der Waals surface area contributed by atoms with Crippen LogP contribution in [0.5, 0.6) is 0 Å². The Bertz CT molecular complexity index is 449. The highest BCUT2D eigenvalue weighted by Gasteiger charge is 2.06. The van der Waals surface area contributed by atoms with Crippen LogP contribution in [-0.4, -0.2) is 21.6 Å². The number of imidazole rings is 1. The van der Waals surface area contributed by atoms with Crippen LogP contribution in [0.1, 0.15) is 0 Å². The van der Waals surface area contributed by atoms with Gasteiger partial charge in [-0.1, -0.05) is 11.6 Å². The Morgan fingerprint density at radius 1 is 1.54 bits per heavy atom. The zero-order chi connectivity index (χ0) is 9.42. The Labute approximate surface area is 80.6 Å². The van der Waals surface area contributed by atoms with Crippen molar-refractivity contribution in [3.05, 3.63) is 17.4 Å². The summed E-state index contributed by atoms with van der Waals surface area (Å²) in [4.78, 5) is 8.26. The number of halogens is 1. The van der Waals surface area contributed by atoms with Gasteiger partial charge in [-0.15, -0.1) is 0 Å². The zero-order valence-corrected chi connectivity index (χ0v) is 8.13. The van der Waals surface area contributed by atoms with Crippen LogP contribution in [0.15, 0.2) is 12.3 Å². The van der Waals surface area contributed by atoms with E-state index in [9.17, 15) is 0 Å². The smallest absolute Gasteiger partial charge is 0.203 e. The first-order chi connectivity index (χ1) is 6.22. The lowest BCUT2D eigenvalue weighted by atomic mass is 10.4. The lowest BCUT2D eigenvalue weighted by molar-refractivity contribution is 0.952. The van der Waals surface area contributed by atoms with Gasteiger partial charge in [-0.3, -0.25) is 0 Å². The normalized spacial score (nSPS) is 10.7. The van der Waals surface area contributed by atoms with E-state index in [1.54, 1.807) is 12.3 Å². The fourth-order valence-electron chi connectivity index (χ4n) is 1.29. The van der Waals surface area contributed by atoms with Crippen LogP contribution in [0.2, 0.25) is 5.15 Å². The number of pyridine rings is 1. The van der Waals surface area contributed by atoms with E-state index in [1.807, 2.05) is 18.7 Å². The van der Waals surface area contributed by atoms with Crippen molar-refractivity contribution < 1.29 is 0 Å². The Kier molecular flexibility index (Phi) is 1.84. The van der Waals surface area contributed by atoms with Crippen LogP contribution >= 0.6 is 11.6 Å². The van der Waals surface area contributed by atoms with Crippen molar-refractivity contribution in [1.82, 2.24) is 14.5 Å². The number of hydrogen-bond donors (Lipinski definition) is 1. The Hall–Kier alpha value is -1.29. The van der Waals surface area contributed by atoms with Gasteiger partial charge in [0.15, 0.2) is 0 Å². The van der Waals surface area contributed by atoms with Crippen LogP contribution in [0.4, 0.5) is 5.95 Å². The van der Waals surface area contributed by atoms with E-state index in [-0.39, 0.29) is 0 Å².